The number of carboxylic acids is 1. The van der Waals surface area contributed by atoms with Crippen LogP contribution in [0.3, 0.4) is 0 Å². The number of hydrazone groups is 1. The zero-order valence-electron chi connectivity index (χ0n) is 22.4. The van der Waals surface area contributed by atoms with E-state index in [0.29, 0.717) is 34.4 Å². The number of nitrogens with zero attached hydrogens (tertiary/aromatic N) is 2. The van der Waals surface area contributed by atoms with Crippen LogP contribution in [-0.4, -0.2) is 34.1 Å². The van der Waals surface area contributed by atoms with E-state index in [4.69, 9.17) is 14.6 Å². The number of halogens is 4. The van der Waals surface area contributed by atoms with Crippen molar-refractivity contribution in [2.24, 2.45) is 5.10 Å². The van der Waals surface area contributed by atoms with Crippen LogP contribution in [0.25, 0.3) is 0 Å². The summed E-state index contributed by atoms with van der Waals surface area (Å²) in [6.07, 6.45) is -0.152. The summed E-state index contributed by atoms with van der Waals surface area (Å²) in [5.74, 6) is -6.14. The van der Waals surface area contributed by atoms with Crippen LogP contribution in [0.2, 0.25) is 0 Å². The summed E-state index contributed by atoms with van der Waals surface area (Å²) in [4.78, 5) is 24.6. The molecule has 1 N–H and O–H groups in total. The number of rotatable bonds is 9. The van der Waals surface area contributed by atoms with Crippen LogP contribution < -0.4 is 9.47 Å². The van der Waals surface area contributed by atoms with E-state index in [-0.39, 0.29) is 29.6 Å². The Balaban J connectivity index is 1.51. The Labute approximate surface area is 247 Å². The van der Waals surface area contributed by atoms with Crippen molar-refractivity contribution >= 4 is 28.7 Å². The summed E-state index contributed by atoms with van der Waals surface area (Å²) in [7, 11) is 1.38. The van der Waals surface area contributed by atoms with Gasteiger partial charge in [0.05, 0.1) is 13.5 Å². The minimum atomic E-state index is -1.40. The maximum absolute atomic E-state index is 14.7. The Morgan fingerprint density at radius 2 is 1.58 bits per heavy atom. The molecule has 43 heavy (non-hydrogen) atoms. The van der Waals surface area contributed by atoms with E-state index < -0.39 is 46.1 Å². The highest BCUT2D eigenvalue weighted by atomic mass is 32.2. The van der Waals surface area contributed by atoms with Crippen molar-refractivity contribution in [3.05, 3.63) is 130 Å². The number of carbonyl (C=O) groups excluding carboxylic acids is 1. The van der Waals surface area contributed by atoms with Crippen molar-refractivity contribution in [2.45, 2.75) is 18.4 Å². The first-order valence-corrected chi connectivity index (χ1v) is 13.6. The maximum atomic E-state index is 14.7. The van der Waals surface area contributed by atoms with E-state index in [0.717, 1.165) is 16.8 Å². The van der Waals surface area contributed by atoms with Gasteiger partial charge in [0.2, 0.25) is 0 Å². The third-order valence-corrected chi connectivity index (χ3v) is 7.60. The van der Waals surface area contributed by atoms with Crippen LogP contribution in [0.1, 0.15) is 38.0 Å². The number of carbonyl (C=O) groups is 2. The number of amides is 1. The third-order valence-electron chi connectivity index (χ3n) is 6.38. The van der Waals surface area contributed by atoms with Crippen molar-refractivity contribution in [3.63, 3.8) is 0 Å². The van der Waals surface area contributed by atoms with Gasteiger partial charge < -0.3 is 14.6 Å². The molecule has 0 saturated carbocycles. The van der Waals surface area contributed by atoms with Gasteiger partial charge in [-0.15, -0.1) is 0 Å². The topological polar surface area (TPSA) is 88.4 Å². The number of methoxy groups -OCH3 is 1. The smallest absolute Gasteiger partial charge is 0.307 e. The maximum Gasteiger partial charge on any atom is 0.307 e. The first-order chi connectivity index (χ1) is 20.6. The lowest BCUT2D eigenvalue weighted by Crippen LogP contribution is -2.28. The predicted molar refractivity (Wildman–Crippen MR) is 151 cm³/mol. The number of para-hydroxylation sites is 1. The van der Waals surface area contributed by atoms with Gasteiger partial charge in [-0.2, -0.15) is 5.10 Å². The van der Waals surface area contributed by atoms with Crippen molar-refractivity contribution in [1.29, 1.82) is 0 Å². The molecule has 1 amide bonds. The molecule has 220 valence electrons. The molecule has 0 radical (unpaired) electrons. The Kier molecular flexibility index (Phi) is 8.67. The molecule has 4 aromatic carbocycles. The number of benzene rings is 4. The van der Waals surface area contributed by atoms with Gasteiger partial charge in [0.1, 0.15) is 45.9 Å². The number of hydrogen-bond donors (Lipinski definition) is 1. The molecule has 0 saturated heterocycles. The first kappa shape index (κ1) is 29.6. The van der Waals surface area contributed by atoms with Gasteiger partial charge in [0.25, 0.3) is 5.91 Å². The van der Waals surface area contributed by atoms with Crippen LogP contribution in [-0.2, 0) is 17.8 Å². The molecule has 1 heterocycles. The number of aliphatic carboxylic acids is 1. The molecule has 0 fully saturated rings. The predicted octanol–water partition coefficient (Wildman–Crippen LogP) is 6.71. The Morgan fingerprint density at radius 1 is 0.907 bits per heavy atom. The van der Waals surface area contributed by atoms with Gasteiger partial charge >= 0.3 is 5.97 Å². The number of hydrogen-bond acceptors (Lipinski definition) is 6. The molecule has 7 nitrogen and oxygen atoms in total. The molecule has 1 aliphatic rings. The highest BCUT2D eigenvalue weighted by Gasteiger charge is 2.39. The van der Waals surface area contributed by atoms with Gasteiger partial charge in [-0.05, 0) is 41.5 Å². The number of carboxylic acid groups (broad SMARTS) is 1. The monoisotopic (exact) mass is 610 g/mol. The van der Waals surface area contributed by atoms with E-state index in [1.165, 1.54) is 31.4 Å². The van der Waals surface area contributed by atoms with E-state index in [2.05, 4.69) is 5.10 Å². The Morgan fingerprint density at radius 3 is 2.26 bits per heavy atom. The van der Waals surface area contributed by atoms with Crippen molar-refractivity contribution in [1.82, 2.24) is 5.01 Å². The molecule has 5 rings (SSSR count). The second-order valence-corrected chi connectivity index (χ2v) is 10.4. The summed E-state index contributed by atoms with van der Waals surface area (Å²) in [5.41, 5.74) is 1.10. The van der Waals surface area contributed by atoms with E-state index in [9.17, 15) is 27.2 Å². The second kappa shape index (κ2) is 12.6. The standard InChI is InChI=1S/C31H22F4N2O5S/c1-41-28-22(6-3-7-25(28)42-16-18-5-2-4-17(12-18)13-26(38)39)31-37(30(40)27-23(34)14-21(33)15-24(27)35)36-29(43-31)19-8-10-20(32)11-9-19/h2-12,14-15,31H,13,16H2,1H3,(H,38,39). The SMILES string of the molecule is COc1c(OCc2cccc(CC(=O)O)c2)cccc1C1SC(c2ccc(F)cc2)=NN1C(=O)c1c(F)cc(F)cc1F. The van der Waals surface area contributed by atoms with Gasteiger partial charge in [0.15, 0.2) is 11.5 Å². The fourth-order valence-electron chi connectivity index (χ4n) is 4.48. The van der Waals surface area contributed by atoms with Crippen molar-refractivity contribution in [2.75, 3.05) is 7.11 Å². The Bertz CT molecular complexity index is 1710. The zero-order valence-corrected chi connectivity index (χ0v) is 23.2. The van der Waals surface area contributed by atoms with Gasteiger partial charge in [-0.25, -0.2) is 22.6 Å². The van der Waals surface area contributed by atoms with Crippen LogP contribution in [0, 0.1) is 23.3 Å². The Hall–Kier alpha value is -4.84. The summed E-state index contributed by atoms with van der Waals surface area (Å²) in [5, 5.41) is 13.5. The van der Waals surface area contributed by atoms with Crippen LogP contribution in [0.15, 0.2) is 84.0 Å². The van der Waals surface area contributed by atoms with Gasteiger partial charge in [0, 0.05) is 23.3 Å². The minimum absolute atomic E-state index is 0.0526. The summed E-state index contributed by atoms with van der Waals surface area (Å²) in [6, 6.07) is 17.9. The van der Waals surface area contributed by atoms with Crippen molar-refractivity contribution in [3.8, 4) is 11.5 Å². The number of ether oxygens (including phenoxy) is 2. The average Bonchev–Trinajstić information content (AvgIpc) is 3.41. The quantitative estimate of drug-likeness (QED) is 0.212. The lowest BCUT2D eigenvalue weighted by Gasteiger charge is -2.24. The third kappa shape index (κ3) is 6.49. The molecule has 1 aliphatic heterocycles. The molecule has 4 aromatic rings. The van der Waals surface area contributed by atoms with E-state index in [1.54, 1.807) is 42.5 Å². The molecule has 0 aliphatic carbocycles. The highest BCUT2D eigenvalue weighted by Crippen LogP contribution is 2.48. The second-order valence-electron chi connectivity index (χ2n) is 9.33. The molecular weight excluding hydrogens is 588 g/mol. The molecule has 12 heteroatoms. The molecule has 1 atom stereocenters. The van der Waals surface area contributed by atoms with Gasteiger partial charge in [-0.1, -0.05) is 48.2 Å². The molecular formula is C31H22F4N2O5S. The fourth-order valence-corrected chi connectivity index (χ4v) is 5.65. The molecule has 1 unspecified atom stereocenters. The normalized spacial score (nSPS) is 14.4. The lowest BCUT2D eigenvalue weighted by atomic mass is 10.1. The largest absolute Gasteiger partial charge is 0.492 e. The summed E-state index contributed by atoms with van der Waals surface area (Å²) < 4.78 is 68.2. The van der Waals surface area contributed by atoms with Crippen LogP contribution in [0.5, 0.6) is 11.5 Å². The summed E-state index contributed by atoms with van der Waals surface area (Å²) in [6.45, 7) is 0.0526. The zero-order chi connectivity index (χ0) is 30.7. The highest BCUT2D eigenvalue weighted by molar-refractivity contribution is 8.14. The van der Waals surface area contributed by atoms with Crippen LogP contribution >= 0.6 is 11.8 Å². The fraction of sp³-hybridized carbons (Fsp3) is 0.129. The summed E-state index contributed by atoms with van der Waals surface area (Å²) >= 11 is 1.05. The molecule has 0 spiro atoms. The van der Waals surface area contributed by atoms with Gasteiger partial charge in [-0.3, -0.25) is 9.59 Å². The number of thioether (sulfide) groups is 1. The van der Waals surface area contributed by atoms with E-state index >= 15 is 0 Å². The van der Waals surface area contributed by atoms with Crippen molar-refractivity contribution < 1.29 is 41.7 Å². The minimum Gasteiger partial charge on any atom is -0.492 e. The molecule has 0 aromatic heterocycles. The van der Waals surface area contributed by atoms with Crippen LogP contribution in [0.4, 0.5) is 17.6 Å². The lowest BCUT2D eigenvalue weighted by molar-refractivity contribution is -0.136. The first-order valence-electron chi connectivity index (χ1n) is 12.7. The average molecular weight is 611 g/mol. The molecule has 0 bridgehead atoms. The van der Waals surface area contributed by atoms with E-state index in [1.807, 2.05) is 0 Å².